The predicted molar refractivity (Wildman–Crippen MR) is 132 cm³/mol. The smallest absolute Gasteiger partial charge is 0.274 e. The Morgan fingerprint density at radius 2 is 1.78 bits per heavy atom. The van der Waals surface area contributed by atoms with Crippen LogP contribution in [0.4, 0.5) is 21.5 Å². The molecule has 0 unspecified atom stereocenters. The Labute approximate surface area is 198 Å². The number of amides is 1. The summed E-state index contributed by atoms with van der Waals surface area (Å²) in [6, 6.07) is 19.3. The monoisotopic (exact) mass is 481 g/mol. The van der Waals surface area contributed by atoms with Crippen molar-refractivity contribution < 1.29 is 9.18 Å². The Morgan fingerprint density at radius 3 is 2.53 bits per heavy atom. The maximum Gasteiger partial charge on any atom is 0.274 e. The van der Waals surface area contributed by atoms with Gasteiger partial charge < -0.3 is 4.90 Å². The first-order chi connectivity index (χ1) is 15.4. The standard InChI is InChI=1S/C24H17ClFN3OS2/c1-14-4-3-5-17(12-14)27-24-29(18-9-7-16(26)8-10-18)22(30)21(32-24)23-28(2)19-13-15(25)6-11-20(19)31-23/h3-13H,1-2H3. The van der Waals surface area contributed by atoms with Crippen LogP contribution in [0.5, 0.6) is 0 Å². The first-order valence-corrected chi connectivity index (χ1v) is 11.8. The van der Waals surface area contributed by atoms with Crippen LogP contribution in [-0.4, -0.2) is 18.1 Å². The van der Waals surface area contributed by atoms with E-state index in [0.29, 0.717) is 20.8 Å². The lowest BCUT2D eigenvalue weighted by Crippen LogP contribution is -2.29. The molecule has 32 heavy (non-hydrogen) atoms. The number of hydrogen-bond donors (Lipinski definition) is 0. The second-order valence-corrected chi connectivity index (χ2v) is 9.80. The number of benzene rings is 3. The highest BCUT2D eigenvalue weighted by Gasteiger charge is 2.40. The molecule has 0 N–H and O–H groups in total. The maximum atomic E-state index is 13.6. The van der Waals surface area contributed by atoms with Crippen molar-refractivity contribution in [1.29, 1.82) is 0 Å². The predicted octanol–water partition coefficient (Wildman–Crippen LogP) is 6.97. The Kier molecular flexibility index (Phi) is 5.49. The average Bonchev–Trinajstić information content (AvgIpc) is 3.25. The molecule has 8 heteroatoms. The van der Waals surface area contributed by atoms with Crippen molar-refractivity contribution in [2.75, 3.05) is 16.8 Å². The number of aryl methyl sites for hydroxylation is 1. The van der Waals surface area contributed by atoms with Crippen LogP contribution in [0.3, 0.4) is 0 Å². The summed E-state index contributed by atoms with van der Waals surface area (Å²) < 4.78 is 13.5. The van der Waals surface area contributed by atoms with Crippen LogP contribution in [-0.2, 0) is 4.79 Å². The summed E-state index contributed by atoms with van der Waals surface area (Å²) in [5.41, 5.74) is 3.35. The first kappa shape index (κ1) is 21.1. The number of nitrogens with zero attached hydrogens (tertiary/aromatic N) is 3. The lowest BCUT2D eigenvalue weighted by molar-refractivity contribution is -0.113. The van der Waals surface area contributed by atoms with Crippen LogP contribution < -0.4 is 9.80 Å². The number of rotatable bonds is 2. The highest BCUT2D eigenvalue weighted by Crippen LogP contribution is 2.51. The summed E-state index contributed by atoms with van der Waals surface area (Å²) in [6.45, 7) is 1.99. The largest absolute Gasteiger partial charge is 0.337 e. The summed E-state index contributed by atoms with van der Waals surface area (Å²) >= 11 is 9.03. The van der Waals surface area contributed by atoms with Gasteiger partial charge in [-0.3, -0.25) is 9.69 Å². The van der Waals surface area contributed by atoms with Gasteiger partial charge in [-0.15, -0.1) is 0 Å². The normalized spacial score (nSPS) is 19.2. The van der Waals surface area contributed by atoms with Gasteiger partial charge in [0, 0.05) is 17.0 Å². The molecular weight excluding hydrogens is 465 g/mol. The van der Waals surface area contributed by atoms with Crippen LogP contribution in [0.25, 0.3) is 0 Å². The van der Waals surface area contributed by atoms with Gasteiger partial charge in [-0.1, -0.05) is 35.5 Å². The SMILES string of the molecule is Cc1cccc(N=C2SC(=C3Sc4ccc(Cl)cc4N3C)C(=O)N2c2ccc(F)cc2)c1. The molecule has 4 nitrogen and oxygen atoms in total. The third-order valence-corrected chi connectivity index (χ3v) is 7.71. The number of anilines is 2. The molecule has 0 saturated carbocycles. The number of carbonyl (C=O) groups is 1. The van der Waals surface area contributed by atoms with E-state index in [-0.39, 0.29) is 11.7 Å². The van der Waals surface area contributed by atoms with Gasteiger partial charge in [-0.05, 0) is 78.8 Å². The second kappa shape index (κ2) is 8.31. The van der Waals surface area contributed by atoms with E-state index in [9.17, 15) is 9.18 Å². The van der Waals surface area contributed by atoms with Gasteiger partial charge in [-0.2, -0.15) is 0 Å². The molecule has 160 valence electrons. The van der Waals surface area contributed by atoms with E-state index in [4.69, 9.17) is 16.6 Å². The molecule has 0 atom stereocenters. The fourth-order valence-corrected chi connectivity index (χ4v) is 6.01. The number of amidine groups is 1. The van der Waals surface area contributed by atoms with Crippen molar-refractivity contribution >= 4 is 63.3 Å². The Morgan fingerprint density at radius 1 is 1.00 bits per heavy atom. The van der Waals surface area contributed by atoms with E-state index in [1.165, 1.54) is 35.7 Å². The summed E-state index contributed by atoms with van der Waals surface area (Å²) in [7, 11) is 1.92. The molecule has 0 bridgehead atoms. The molecular formula is C24H17ClFN3OS2. The quantitative estimate of drug-likeness (QED) is 0.370. The van der Waals surface area contributed by atoms with Gasteiger partial charge in [0.1, 0.15) is 10.7 Å². The Hall–Kier alpha value is -2.74. The summed E-state index contributed by atoms with van der Waals surface area (Å²) in [5.74, 6) is -0.552. The van der Waals surface area contributed by atoms with Crippen molar-refractivity contribution in [1.82, 2.24) is 0 Å². The zero-order valence-electron chi connectivity index (χ0n) is 17.2. The molecule has 2 heterocycles. The van der Waals surface area contributed by atoms with Crippen LogP contribution in [0.15, 0.2) is 86.6 Å². The third-order valence-electron chi connectivity index (χ3n) is 5.08. The first-order valence-electron chi connectivity index (χ1n) is 9.79. The number of thioether (sulfide) groups is 2. The van der Waals surface area contributed by atoms with Crippen LogP contribution in [0.1, 0.15) is 5.56 Å². The van der Waals surface area contributed by atoms with Crippen LogP contribution in [0.2, 0.25) is 5.02 Å². The van der Waals surface area contributed by atoms with Crippen molar-refractivity contribution in [2.24, 2.45) is 4.99 Å². The minimum absolute atomic E-state index is 0.193. The molecule has 2 aliphatic rings. The summed E-state index contributed by atoms with van der Waals surface area (Å²) in [4.78, 5) is 23.5. The molecule has 3 aromatic carbocycles. The fraction of sp³-hybridized carbons (Fsp3) is 0.0833. The van der Waals surface area contributed by atoms with Crippen molar-refractivity contribution in [2.45, 2.75) is 11.8 Å². The van der Waals surface area contributed by atoms with E-state index in [2.05, 4.69) is 0 Å². The lowest BCUT2D eigenvalue weighted by Gasteiger charge is -2.17. The number of aliphatic imine (C=N–C) groups is 1. The summed E-state index contributed by atoms with van der Waals surface area (Å²) in [5, 5.41) is 1.99. The number of hydrogen-bond acceptors (Lipinski definition) is 5. The maximum absolute atomic E-state index is 13.6. The topological polar surface area (TPSA) is 35.9 Å². The van der Waals surface area contributed by atoms with Gasteiger partial charge in [0.2, 0.25) is 0 Å². The van der Waals surface area contributed by atoms with E-state index < -0.39 is 0 Å². The molecule has 1 saturated heterocycles. The van der Waals surface area contributed by atoms with Crippen molar-refractivity contribution in [3.63, 3.8) is 0 Å². The number of halogens is 2. The lowest BCUT2D eigenvalue weighted by atomic mass is 10.2. The van der Waals surface area contributed by atoms with Gasteiger partial charge in [0.05, 0.1) is 22.1 Å². The van der Waals surface area contributed by atoms with Crippen LogP contribution >= 0.6 is 35.1 Å². The molecule has 0 aliphatic carbocycles. The molecule has 5 rings (SSSR count). The average molecular weight is 482 g/mol. The van der Waals surface area contributed by atoms with Gasteiger partial charge in [0.15, 0.2) is 5.17 Å². The minimum atomic E-state index is -0.359. The number of carbonyl (C=O) groups excluding carboxylic acids is 1. The molecule has 0 radical (unpaired) electrons. The van der Waals surface area contributed by atoms with Gasteiger partial charge in [0.25, 0.3) is 5.91 Å². The number of fused-ring (bicyclic) bond motifs is 1. The Balaban J connectivity index is 1.61. The van der Waals surface area contributed by atoms with Gasteiger partial charge >= 0.3 is 0 Å². The zero-order chi connectivity index (χ0) is 22.4. The highest BCUT2D eigenvalue weighted by molar-refractivity contribution is 8.20. The van der Waals surface area contributed by atoms with E-state index >= 15 is 0 Å². The van der Waals surface area contributed by atoms with E-state index in [0.717, 1.165) is 26.9 Å². The molecule has 1 fully saturated rings. The van der Waals surface area contributed by atoms with E-state index in [1.807, 2.05) is 61.3 Å². The third kappa shape index (κ3) is 3.81. The van der Waals surface area contributed by atoms with Crippen molar-refractivity contribution in [3.8, 4) is 0 Å². The molecule has 1 amide bonds. The molecule has 3 aromatic rings. The Bertz CT molecular complexity index is 1310. The van der Waals surface area contributed by atoms with Crippen molar-refractivity contribution in [3.05, 3.63) is 93.1 Å². The van der Waals surface area contributed by atoms with Crippen LogP contribution in [0, 0.1) is 12.7 Å². The highest BCUT2D eigenvalue weighted by atomic mass is 35.5. The zero-order valence-corrected chi connectivity index (χ0v) is 19.6. The summed E-state index contributed by atoms with van der Waals surface area (Å²) in [6.07, 6.45) is 0. The molecule has 0 aromatic heterocycles. The minimum Gasteiger partial charge on any atom is -0.337 e. The van der Waals surface area contributed by atoms with E-state index in [1.54, 1.807) is 17.0 Å². The molecule has 0 spiro atoms. The second-order valence-electron chi connectivity index (χ2n) is 7.36. The van der Waals surface area contributed by atoms with Gasteiger partial charge in [-0.25, -0.2) is 9.38 Å². The molecule has 2 aliphatic heterocycles. The fourth-order valence-electron chi connectivity index (χ4n) is 3.52.